The highest BCUT2D eigenvalue weighted by Crippen LogP contribution is 2.38. The summed E-state index contributed by atoms with van der Waals surface area (Å²) in [7, 11) is 0. The van der Waals surface area contributed by atoms with Crippen molar-refractivity contribution < 1.29 is 23.5 Å². The Hall–Kier alpha value is -2.19. The number of fused-ring (bicyclic) bond motifs is 1. The molecule has 0 unspecified atom stereocenters. The van der Waals surface area contributed by atoms with Crippen LogP contribution in [0, 0.1) is 0 Å². The van der Waals surface area contributed by atoms with Gasteiger partial charge in [0.05, 0.1) is 11.6 Å². The molecule has 9 heteroatoms. The van der Waals surface area contributed by atoms with E-state index < -0.39 is 5.91 Å². The number of halogens is 2. The lowest BCUT2D eigenvalue weighted by Gasteiger charge is -2.20. The first kappa shape index (κ1) is 18.6. The standard InChI is InChI=1S/C17H16BrClN2O5/c18-14-2-1-12(26-14)17(23)21-9-15(22)20-4-3-10-7-11(19)16-13(8-10)24-5-6-25-16/h1-2,7-8H,3-6,9H2,(H,20,22)(H,21,23). The van der Waals surface area contributed by atoms with Crippen molar-refractivity contribution in [3.63, 3.8) is 0 Å². The number of carbonyl (C=O) groups is 2. The van der Waals surface area contributed by atoms with Crippen LogP contribution in [0.25, 0.3) is 0 Å². The van der Waals surface area contributed by atoms with Gasteiger partial charge in [0.25, 0.3) is 5.91 Å². The fourth-order valence-corrected chi connectivity index (χ4v) is 3.00. The van der Waals surface area contributed by atoms with Gasteiger partial charge in [-0.2, -0.15) is 0 Å². The fourth-order valence-electron chi connectivity index (χ4n) is 2.40. The van der Waals surface area contributed by atoms with E-state index in [1.54, 1.807) is 12.1 Å². The summed E-state index contributed by atoms with van der Waals surface area (Å²) in [6.07, 6.45) is 0.571. The minimum absolute atomic E-state index is 0.135. The number of rotatable bonds is 6. The zero-order chi connectivity index (χ0) is 18.5. The van der Waals surface area contributed by atoms with Crippen LogP contribution < -0.4 is 20.1 Å². The molecule has 1 aliphatic rings. The summed E-state index contributed by atoms with van der Waals surface area (Å²) in [6, 6.07) is 6.76. The summed E-state index contributed by atoms with van der Waals surface area (Å²) in [5, 5.41) is 5.71. The smallest absolute Gasteiger partial charge is 0.287 e. The van der Waals surface area contributed by atoms with E-state index in [0.29, 0.717) is 47.4 Å². The van der Waals surface area contributed by atoms with Crippen molar-refractivity contribution in [2.75, 3.05) is 26.3 Å². The molecule has 2 aromatic rings. The highest BCUT2D eigenvalue weighted by atomic mass is 79.9. The number of hydrogen-bond donors (Lipinski definition) is 2. The average Bonchev–Trinajstić information content (AvgIpc) is 3.06. The molecule has 0 saturated carbocycles. The Kier molecular flexibility index (Phi) is 6.05. The molecule has 1 aromatic heterocycles. The number of amides is 2. The Balaban J connectivity index is 1.44. The van der Waals surface area contributed by atoms with E-state index in [1.807, 2.05) is 6.07 Å². The summed E-state index contributed by atoms with van der Waals surface area (Å²) < 4.78 is 16.6. The molecule has 7 nitrogen and oxygen atoms in total. The van der Waals surface area contributed by atoms with Gasteiger partial charge in [0.15, 0.2) is 21.9 Å². The topological polar surface area (TPSA) is 89.8 Å². The van der Waals surface area contributed by atoms with Crippen molar-refractivity contribution in [2.45, 2.75) is 6.42 Å². The van der Waals surface area contributed by atoms with E-state index >= 15 is 0 Å². The molecular weight excluding hydrogens is 428 g/mol. The molecule has 2 N–H and O–H groups in total. The first-order valence-electron chi connectivity index (χ1n) is 7.91. The quantitative estimate of drug-likeness (QED) is 0.716. The van der Waals surface area contributed by atoms with E-state index in [-0.39, 0.29) is 18.2 Å². The maximum Gasteiger partial charge on any atom is 0.287 e. The van der Waals surface area contributed by atoms with Gasteiger partial charge in [0.2, 0.25) is 5.91 Å². The summed E-state index contributed by atoms with van der Waals surface area (Å²) in [5.74, 6) is 0.549. The van der Waals surface area contributed by atoms with Crippen LogP contribution >= 0.6 is 27.5 Å². The normalized spacial score (nSPS) is 12.5. The highest BCUT2D eigenvalue weighted by molar-refractivity contribution is 9.10. The number of benzene rings is 1. The van der Waals surface area contributed by atoms with E-state index in [4.69, 9.17) is 25.5 Å². The maximum absolute atomic E-state index is 11.8. The molecule has 0 fully saturated rings. The Labute approximate surface area is 163 Å². The number of ether oxygens (including phenoxy) is 2. The first-order valence-corrected chi connectivity index (χ1v) is 9.08. The van der Waals surface area contributed by atoms with Crippen LogP contribution in [0.1, 0.15) is 16.1 Å². The summed E-state index contributed by atoms with van der Waals surface area (Å²) in [4.78, 5) is 23.6. The molecule has 26 heavy (non-hydrogen) atoms. The predicted molar refractivity (Wildman–Crippen MR) is 97.9 cm³/mol. The van der Waals surface area contributed by atoms with Crippen LogP contribution in [0.15, 0.2) is 33.4 Å². The molecule has 2 amide bonds. The van der Waals surface area contributed by atoms with Crippen LogP contribution in [0.2, 0.25) is 5.02 Å². The Bertz CT molecular complexity index is 823. The van der Waals surface area contributed by atoms with Gasteiger partial charge in [0.1, 0.15) is 13.2 Å². The molecule has 0 radical (unpaired) electrons. The van der Waals surface area contributed by atoms with Crippen LogP contribution in [-0.4, -0.2) is 38.1 Å². The molecule has 0 atom stereocenters. The molecule has 0 saturated heterocycles. The predicted octanol–water partition coefficient (Wildman–Crippen LogP) is 2.56. The fraction of sp³-hybridized carbons (Fsp3) is 0.294. The molecule has 138 valence electrons. The second-order valence-electron chi connectivity index (χ2n) is 5.49. The zero-order valence-corrected chi connectivity index (χ0v) is 16.0. The minimum atomic E-state index is -0.454. The van der Waals surface area contributed by atoms with Gasteiger partial charge in [-0.1, -0.05) is 11.6 Å². The Morgan fingerprint density at radius 1 is 1.15 bits per heavy atom. The molecule has 1 aromatic carbocycles. The van der Waals surface area contributed by atoms with Gasteiger partial charge in [-0.3, -0.25) is 9.59 Å². The molecule has 0 spiro atoms. The van der Waals surface area contributed by atoms with Crippen molar-refractivity contribution in [1.82, 2.24) is 10.6 Å². The molecule has 0 aliphatic carbocycles. The largest absolute Gasteiger partial charge is 0.486 e. The minimum Gasteiger partial charge on any atom is -0.486 e. The number of hydrogen-bond acceptors (Lipinski definition) is 5. The van der Waals surface area contributed by atoms with E-state index in [0.717, 1.165) is 5.56 Å². The van der Waals surface area contributed by atoms with Crippen LogP contribution in [-0.2, 0) is 11.2 Å². The zero-order valence-electron chi connectivity index (χ0n) is 13.6. The first-order chi connectivity index (χ1) is 12.5. The second kappa shape index (κ2) is 8.46. The Morgan fingerprint density at radius 3 is 2.73 bits per heavy atom. The van der Waals surface area contributed by atoms with Gasteiger partial charge in [0, 0.05) is 6.54 Å². The molecule has 3 rings (SSSR count). The molecule has 2 heterocycles. The second-order valence-corrected chi connectivity index (χ2v) is 6.68. The molecule has 0 bridgehead atoms. The summed E-state index contributed by atoms with van der Waals surface area (Å²) in [5.41, 5.74) is 0.920. The van der Waals surface area contributed by atoms with Gasteiger partial charge >= 0.3 is 0 Å². The van der Waals surface area contributed by atoms with Crippen molar-refractivity contribution in [3.8, 4) is 11.5 Å². The van der Waals surface area contributed by atoms with Crippen molar-refractivity contribution in [3.05, 3.63) is 45.3 Å². The van der Waals surface area contributed by atoms with Gasteiger partial charge in [-0.05, 0) is 52.2 Å². The van der Waals surface area contributed by atoms with Gasteiger partial charge < -0.3 is 24.5 Å². The lowest BCUT2D eigenvalue weighted by Crippen LogP contribution is -2.37. The third-order valence-corrected chi connectivity index (χ3v) is 4.31. The summed E-state index contributed by atoms with van der Waals surface area (Å²) >= 11 is 9.29. The maximum atomic E-state index is 11.8. The highest BCUT2D eigenvalue weighted by Gasteiger charge is 2.17. The van der Waals surface area contributed by atoms with Gasteiger partial charge in [-0.25, -0.2) is 0 Å². The number of furan rings is 1. The van der Waals surface area contributed by atoms with Gasteiger partial charge in [-0.15, -0.1) is 0 Å². The Morgan fingerprint density at radius 2 is 1.96 bits per heavy atom. The third kappa shape index (κ3) is 4.70. The lowest BCUT2D eigenvalue weighted by molar-refractivity contribution is -0.120. The number of nitrogens with one attached hydrogen (secondary N) is 2. The molecule has 1 aliphatic heterocycles. The van der Waals surface area contributed by atoms with Crippen LogP contribution in [0.5, 0.6) is 11.5 Å². The number of carbonyl (C=O) groups excluding carboxylic acids is 2. The lowest BCUT2D eigenvalue weighted by atomic mass is 10.1. The van der Waals surface area contributed by atoms with Crippen LogP contribution in [0.4, 0.5) is 0 Å². The molecular formula is C17H16BrClN2O5. The van der Waals surface area contributed by atoms with Crippen molar-refractivity contribution >= 4 is 39.3 Å². The SMILES string of the molecule is O=C(CNC(=O)c1ccc(Br)o1)NCCc1cc(Cl)c2c(c1)OCCO2. The van der Waals surface area contributed by atoms with Crippen LogP contribution in [0.3, 0.4) is 0 Å². The van der Waals surface area contributed by atoms with E-state index in [1.165, 1.54) is 6.07 Å². The summed E-state index contributed by atoms with van der Waals surface area (Å²) in [6.45, 7) is 1.22. The van der Waals surface area contributed by atoms with E-state index in [2.05, 4.69) is 26.6 Å². The van der Waals surface area contributed by atoms with Crippen molar-refractivity contribution in [2.24, 2.45) is 0 Å². The van der Waals surface area contributed by atoms with Crippen molar-refractivity contribution in [1.29, 1.82) is 0 Å². The average molecular weight is 444 g/mol. The van der Waals surface area contributed by atoms with E-state index in [9.17, 15) is 9.59 Å². The monoisotopic (exact) mass is 442 g/mol. The third-order valence-electron chi connectivity index (χ3n) is 3.60.